The molecule has 0 aliphatic heterocycles. The number of fused-ring (bicyclic) bond motifs is 1. The lowest BCUT2D eigenvalue weighted by Crippen LogP contribution is -1.97. The van der Waals surface area contributed by atoms with Crippen LogP contribution in [0.3, 0.4) is 0 Å². The number of aromatic nitrogens is 4. The van der Waals surface area contributed by atoms with E-state index in [1.165, 1.54) is 43.2 Å². The third-order valence-corrected chi connectivity index (χ3v) is 4.74. The molecule has 0 saturated heterocycles. The molecule has 3 aromatic rings. The van der Waals surface area contributed by atoms with Crippen LogP contribution in [0.2, 0.25) is 0 Å². The smallest absolute Gasteiger partial charge is 0.269 e. The molecular formula is C17H16FN5O2S. The molecule has 9 heteroatoms. The Kier molecular flexibility index (Phi) is 5.57. The van der Waals surface area contributed by atoms with Crippen molar-refractivity contribution in [3.63, 3.8) is 0 Å². The van der Waals surface area contributed by atoms with Gasteiger partial charge in [0.2, 0.25) is 0 Å². The average Bonchev–Trinajstić information content (AvgIpc) is 3.04. The van der Waals surface area contributed by atoms with E-state index in [0.717, 1.165) is 10.6 Å². The summed E-state index contributed by atoms with van der Waals surface area (Å²) in [6.07, 6.45) is 5.24. The molecule has 0 unspecified atom stereocenters. The third kappa shape index (κ3) is 4.23. The van der Waals surface area contributed by atoms with Crippen LogP contribution in [0.5, 0.6) is 0 Å². The molecule has 0 spiro atoms. The number of nitrogens with zero attached hydrogens (tertiary/aromatic N) is 5. The molecule has 0 saturated carbocycles. The van der Waals surface area contributed by atoms with Crippen LogP contribution in [0.1, 0.15) is 18.9 Å². The van der Waals surface area contributed by atoms with Crippen molar-refractivity contribution < 1.29 is 9.31 Å². The molecular weight excluding hydrogens is 357 g/mol. The van der Waals surface area contributed by atoms with Crippen LogP contribution < -0.4 is 0 Å². The van der Waals surface area contributed by atoms with E-state index in [9.17, 15) is 14.5 Å². The summed E-state index contributed by atoms with van der Waals surface area (Å²) in [6, 6.07) is 6.43. The van der Waals surface area contributed by atoms with Gasteiger partial charge in [-0.2, -0.15) is 0 Å². The number of benzene rings is 1. The minimum Gasteiger partial charge on any atom is -0.315 e. The lowest BCUT2D eigenvalue weighted by molar-refractivity contribution is -0.384. The Morgan fingerprint density at radius 2 is 2.08 bits per heavy atom. The number of allylic oxidation sites excluding steroid dienone is 2. The number of hydrogen-bond acceptors (Lipinski definition) is 6. The Labute approximate surface area is 153 Å². The van der Waals surface area contributed by atoms with Gasteiger partial charge >= 0.3 is 0 Å². The van der Waals surface area contributed by atoms with Gasteiger partial charge < -0.3 is 4.57 Å². The number of nitro benzene ring substituents is 1. The van der Waals surface area contributed by atoms with Crippen molar-refractivity contribution in [3.05, 3.63) is 64.5 Å². The van der Waals surface area contributed by atoms with Gasteiger partial charge in [0.1, 0.15) is 16.9 Å². The fourth-order valence-corrected chi connectivity index (χ4v) is 3.29. The lowest BCUT2D eigenvalue weighted by Gasteiger charge is -2.04. The highest BCUT2D eigenvalue weighted by Gasteiger charge is 2.11. The zero-order valence-electron chi connectivity index (χ0n) is 14.0. The molecule has 0 radical (unpaired) electrons. The minimum absolute atomic E-state index is 0.0690. The highest BCUT2D eigenvalue weighted by Crippen LogP contribution is 2.27. The molecule has 0 aliphatic carbocycles. The van der Waals surface area contributed by atoms with E-state index in [4.69, 9.17) is 0 Å². The molecule has 0 fully saturated rings. The zero-order chi connectivity index (χ0) is 18.5. The van der Waals surface area contributed by atoms with E-state index < -0.39 is 4.92 Å². The van der Waals surface area contributed by atoms with E-state index >= 15 is 0 Å². The molecule has 134 valence electrons. The maximum absolute atomic E-state index is 12.8. The van der Waals surface area contributed by atoms with Gasteiger partial charge in [-0.1, -0.05) is 30.0 Å². The number of rotatable bonds is 7. The number of aryl methyl sites for hydroxylation is 1. The predicted octanol–water partition coefficient (Wildman–Crippen LogP) is 4.29. The minimum atomic E-state index is -0.420. The second-order valence-corrected chi connectivity index (χ2v) is 6.54. The molecule has 0 aliphatic rings. The van der Waals surface area contributed by atoms with Crippen LogP contribution in [0.25, 0.3) is 11.2 Å². The first-order chi connectivity index (χ1) is 12.5. The van der Waals surface area contributed by atoms with E-state index in [0.29, 0.717) is 29.9 Å². The number of imidazole rings is 1. The molecule has 2 heterocycles. The zero-order valence-corrected chi connectivity index (χ0v) is 14.8. The topological polar surface area (TPSA) is 86.7 Å². The second-order valence-electron chi connectivity index (χ2n) is 5.58. The molecule has 0 atom stereocenters. The van der Waals surface area contributed by atoms with Gasteiger partial charge in [-0.25, -0.2) is 19.3 Å². The van der Waals surface area contributed by atoms with Crippen molar-refractivity contribution in [1.29, 1.82) is 0 Å². The second kappa shape index (κ2) is 8.05. The van der Waals surface area contributed by atoms with Crippen molar-refractivity contribution in [2.24, 2.45) is 0 Å². The van der Waals surface area contributed by atoms with Gasteiger partial charge in [0.25, 0.3) is 5.69 Å². The van der Waals surface area contributed by atoms with Gasteiger partial charge in [-0.3, -0.25) is 10.1 Å². The average molecular weight is 373 g/mol. The Morgan fingerprint density at radius 3 is 2.77 bits per heavy atom. The Morgan fingerprint density at radius 1 is 1.31 bits per heavy atom. The van der Waals surface area contributed by atoms with Gasteiger partial charge in [0.05, 0.1) is 17.1 Å². The van der Waals surface area contributed by atoms with Crippen molar-refractivity contribution in [2.45, 2.75) is 30.7 Å². The number of hydrogen-bond donors (Lipinski definition) is 0. The van der Waals surface area contributed by atoms with Crippen molar-refractivity contribution >= 4 is 28.6 Å². The summed E-state index contributed by atoms with van der Waals surface area (Å²) in [6.45, 7) is 2.00. The van der Waals surface area contributed by atoms with E-state index in [1.807, 2.05) is 4.57 Å². The van der Waals surface area contributed by atoms with Gasteiger partial charge in [-0.05, 0) is 18.9 Å². The van der Waals surface area contributed by atoms with E-state index in [1.54, 1.807) is 18.5 Å². The number of nitro groups is 1. The van der Waals surface area contributed by atoms with Crippen LogP contribution in [0, 0.1) is 10.1 Å². The molecule has 0 N–H and O–H groups in total. The summed E-state index contributed by atoms with van der Waals surface area (Å²) in [5.41, 5.74) is 2.42. The monoisotopic (exact) mass is 373 g/mol. The van der Waals surface area contributed by atoms with Crippen molar-refractivity contribution in [3.8, 4) is 0 Å². The Bertz CT molecular complexity index is 951. The summed E-state index contributed by atoms with van der Waals surface area (Å²) in [5, 5.41) is 11.4. The first-order valence-electron chi connectivity index (χ1n) is 7.89. The number of non-ortho nitro benzene ring substituents is 1. The third-order valence-electron chi connectivity index (χ3n) is 3.69. The molecule has 0 bridgehead atoms. The highest BCUT2D eigenvalue weighted by molar-refractivity contribution is 7.98. The Balaban J connectivity index is 1.73. The largest absolute Gasteiger partial charge is 0.315 e. The van der Waals surface area contributed by atoms with Crippen LogP contribution in [-0.4, -0.2) is 24.4 Å². The molecule has 26 heavy (non-hydrogen) atoms. The maximum atomic E-state index is 12.8. The van der Waals surface area contributed by atoms with Crippen LogP contribution in [0.4, 0.5) is 10.1 Å². The number of thioether (sulfide) groups is 1. The maximum Gasteiger partial charge on any atom is 0.269 e. The number of halogens is 1. The van der Waals surface area contributed by atoms with Crippen LogP contribution >= 0.6 is 11.8 Å². The molecule has 3 rings (SSSR count). The molecule has 1 aromatic carbocycles. The van der Waals surface area contributed by atoms with Gasteiger partial charge in [-0.15, -0.1) is 0 Å². The fraction of sp³-hybridized carbons (Fsp3) is 0.235. The fourth-order valence-electron chi connectivity index (χ4n) is 2.40. The summed E-state index contributed by atoms with van der Waals surface area (Å²) >= 11 is 1.49. The summed E-state index contributed by atoms with van der Waals surface area (Å²) in [7, 11) is 0. The van der Waals surface area contributed by atoms with E-state index in [2.05, 4.69) is 15.0 Å². The molecule has 7 nitrogen and oxygen atoms in total. The molecule has 0 amide bonds. The van der Waals surface area contributed by atoms with Gasteiger partial charge in [0.15, 0.2) is 5.65 Å². The predicted molar refractivity (Wildman–Crippen MR) is 97.5 cm³/mol. The summed E-state index contributed by atoms with van der Waals surface area (Å²) in [4.78, 5) is 23.2. The lowest BCUT2D eigenvalue weighted by atomic mass is 10.2. The van der Waals surface area contributed by atoms with Crippen LogP contribution in [0.15, 0.2) is 53.8 Å². The van der Waals surface area contributed by atoms with Crippen LogP contribution in [-0.2, 0) is 12.3 Å². The van der Waals surface area contributed by atoms with Crippen molar-refractivity contribution in [1.82, 2.24) is 19.5 Å². The SMILES string of the molecule is C/C(F)=C/CCn1cnc2c(SCc3ccc([N+](=O)[O-])cc3)ncnc21. The normalized spacial score (nSPS) is 11.8. The van der Waals surface area contributed by atoms with Gasteiger partial charge in [0, 0.05) is 24.4 Å². The van der Waals surface area contributed by atoms with Crippen molar-refractivity contribution in [2.75, 3.05) is 0 Å². The highest BCUT2D eigenvalue weighted by atomic mass is 32.2. The first-order valence-corrected chi connectivity index (χ1v) is 8.87. The first kappa shape index (κ1) is 18.0. The van der Waals surface area contributed by atoms with E-state index in [-0.39, 0.29) is 11.5 Å². The molecule has 2 aromatic heterocycles. The summed E-state index contributed by atoms with van der Waals surface area (Å²) < 4.78 is 14.7. The summed E-state index contributed by atoms with van der Waals surface area (Å²) in [5.74, 6) is 0.407. The standard InChI is InChI=1S/C17H16FN5O2S/c1-12(18)3-2-8-22-11-21-15-16(22)19-10-20-17(15)26-9-13-4-6-14(7-5-13)23(24)25/h3-7,10-11H,2,8-9H2,1H3/b12-3-. The Hall–Kier alpha value is -2.81. The quantitative estimate of drug-likeness (QED) is 0.266.